The number of nitrogens with zero attached hydrogens (tertiary/aromatic N) is 4. The molecule has 2 aliphatic heterocycles. The highest BCUT2D eigenvalue weighted by Crippen LogP contribution is 2.29. The van der Waals surface area contributed by atoms with Crippen LogP contribution in [0.3, 0.4) is 0 Å². The minimum atomic E-state index is -0.561. The second kappa shape index (κ2) is 16.9. The molecule has 0 bridgehead atoms. The molecule has 5 atom stereocenters. The van der Waals surface area contributed by atoms with E-state index in [1.807, 2.05) is 20.8 Å². The first-order chi connectivity index (χ1) is 19.4. The SMILES string of the molecule is CC(O)CC(C)CCC(C)(C)N1CCN(CC(C)CC(C)CN2CCN(C(C)(C)CCC(C)CC(C)(C)O)CC2)CC1. The quantitative estimate of drug-likeness (QED) is 0.197. The van der Waals surface area contributed by atoms with Gasteiger partial charge in [0.15, 0.2) is 0 Å². The largest absolute Gasteiger partial charge is 0.393 e. The molecular formula is C36H74N4O2. The van der Waals surface area contributed by atoms with Gasteiger partial charge in [0, 0.05) is 76.5 Å². The predicted octanol–water partition coefficient (Wildman–Crippen LogP) is 6.21. The summed E-state index contributed by atoms with van der Waals surface area (Å²) in [6, 6.07) is 0. The molecule has 2 fully saturated rings. The van der Waals surface area contributed by atoms with Crippen molar-refractivity contribution in [1.82, 2.24) is 19.6 Å². The number of hydrogen-bond acceptors (Lipinski definition) is 6. The normalized spacial score (nSPS) is 23.1. The van der Waals surface area contributed by atoms with Crippen LogP contribution in [0.5, 0.6) is 0 Å². The number of aliphatic hydroxyl groups is 2. The molecule has 2 heterocycles. The molecular weight excluding hydrogens is 520 g/mol. The van der Waals surface area contributed by atoms with E-state index in [0.717, 1.165) is 24.7 Å². The van der Waals surface area contributed by atoms with E-state index in [1.54, 1.807) is 0 Å². The van der Waals surface area contributed by atoms with Crippen molar-refractivity contribution in [2.75, 3.05) is 65.4 Å². The van der Waals surface area contributed by atoms with Gasteiger partial charge in [-0.1, -0.05) is 27.7 Å². The van der Waals surface area contributed by atoms with E-state index >= 15 is 0 Å². The Morgan fingerprint density at radius 2 is 0.929 bits per heavy atom. The standard InChI is InChI=1S/C36H74N4O2/c1-29(25-33(5)41)12-14-34(6,7)39-20-16-37(17-21-39)27-31(3)24-32(4)28-38-18-22-40(23-19-38)35(8,9)15-13-30(2)26-36(10,11)42/h29-33,41-42H,12-28H2,1-11H3. The Morgan fingerprint density at radius 3 is 1.29 bits per heavy atom. The first kappa shape index (κ1) is 37.9. The van der Waals surface area contributed by atoms with E-state index in [9.17, 15) is 10.2 Å². The van der Waals surface area contributed by atoms with Crippen molar-refractivity contribution in [2.24, 2.45) is 23.7 Å². The molecule has 0 saturated carbocycles. The van der Waals surface area contributed by atoms with E-state index in [-0.39, 0.29) is 17.2 Å². The smallest absolute Gasteiger partial charge is 0.0594 e. The number of rotatable bonds is 18. The molecule has 6 nitrogen and oxygen atoms in total. The molecule has 0 spiro atoms. The molecule has 250 valence electrons. The molecule has 42 heavy (non-hydrogen) atoms. The molecule has 0 aromatic rings. The van der Waals surface area contributed by atoms with Crippen molar-refractivity contribution >= 4 is 0 Å². The van der Waals surface area contributed by atoms with Gasteiger partial charge >= 0.3 is 0 Å². The third-order valence-corrected chi connectivity index (χ3v) is 10.5. The molecule has 0 aliphatic carbocycles. The molecule has 2 aliphatic rings. The summed E-state index contributed by atoms with van der Waals surface area (Å²) in [4.78, 5) is 10.8. The fourth-order valence-corrected chi connectivity index (χ4v) is 7.96. The fourth-order valence-electron chi connectivity index (χ4n) is 7.96. The van der Waals surface area contributed by atoms with Gasteiger partial charge in [-0.3, -0.25) is 9.80 Å². The van der Waals surface area contributed by atoms with Crippen LogP contribution in [0.25, 0.3) is 0 Å². The summed E-state index contributed by atoms with van der Waals surface area (Å²) >= 11 is 0. The van der Waals surface area contributed by atoms with Crippen LogP contribution in [-0.2, 0) is 0 Å². The zero-order valence-electron chi connectivity index (χ0n) is 30.1. The lowest BCUT2D eigenvalue weighted by Gasteiger charge is -2.45. The van der Waals surface area contributed by atoms with Gasteiger partial charge in [0.2, 0.25) is 0 Å². The van der Waals surface area contributed by atoms with Gasteiger partial charge in [-0.05, 0) is 117 Å². The molecule has 5 unspecified atom stereocenters. The first-order valence-corrected chi connectivity index (χ1v) is 17.7. The van der Waals surface area contributed by atoms with Crippen LogP contribution in [0.1, 0.15) is 121 Å². The summed E-state index contributed by atoms with van der Waals surface area (Å²) in [5.41, 5.74) is -0.0840. The lowest BCUT2D eigenvalue weighted by atomic mass is 9.86. The van der Waals surface area contributed by atoms with Crippen LogP contribution < -0.4 is 0 Å². The Labute approximate surface area is 262 Å². The van der Waals surface area contributed by atoms with Gasteiger partial charge in [-0.15, -0.1) is 0 Å². The predicted molar refractivity (Wildman–Crippen MR) is 181 cm³/mol. The summed E-state index contributed by atoms with van der Waals surface area (Å²) in [6.45, 7) is 36.9. The highest BCUT2D eigenvalue weighted by molar-refractivity contribution is 4.88. The van der Waals surface area contributed by atoms with Gasteiger partial charge < -0.3 is 20.0 Å². The van der Waals surface area contributed by atoms with Crippen molar-refractivity contribution in [1.29, 1.82) is 0 Å². The lowest BCUT2D eigenvalue weighted by Crippen LogP contribution is -2.55. The Hall–Kier alpha value is -0.240. The second-order valence-corrected chi connectivity index (χ2v) is 17.0. The van der Waals surface area contributed by atoms with E-state index in [1.165, 1.54) is 97.6 Å². The number of aliphatic hydroxyl groups excluding tert-OH is 1. The van der Waals surface area contributed by atoms with Gasteiger partial charge in [-0.2, -0.15) is 0 Å². The molecule has 2 saturated heterocycles. The van der Waals surface area contributed by atoms with Crippen molar-refractivity contribution in [2.45, 2.75) is 144 Å². The molecule has 0 amide bonds. The highest BCUT2D eigenvalue weighted by atomic mass is 16.3. The van der Waals surface area contributed by atoms with E-state index in [4.69, 9.17) is 0 Å². The third-order valence-electron chi connectivity index (χ3n) is 10.5. The molecule has 0 radical (unpaired) electrons. The average Bonchev–Trinajstić information content (AvgIpc) is 2.85. The summed E-state index contributed by atoms with van der Waals surface area (Å²) in [6.07, 6.45) is 7.72. The summed E-state index contributed by atoms with van der Waals surface area (Å²) in [7, 11) is 0. The van der Waals surface area contributed by atoms with Gasteiger partial charge in [0.05, 0.1) is 11.7 Å². The molecule has 0 aromatic carbocycles. The van der Waals surface area contributed by atoms with Gasteiger partial charge in [0.1, 0.15) is 0 Å². The first-order valence-electron chi connectivity index (χ1n) is 17.7. The van der Waals surface area contributed by atoms with Gasteiger partial charge in [0.25, 0.3) is 0 Å². The zero-order valence-corrected chi connectivity index (χ0v) is 30.1. The average molecular weight is 595 g/mol. The van der Waals surface area contributed by atoms with Crippen LogP contribution in [0.15, 0.2) is 0 Å². The van der Waals surface area contributed by atoms with E-state index in [0.29, 0.717) is 11.8 Å². The van der Waals surface area contributed by atoms with Crippen LogP contribution in [0, 0.1) is 23.7 Å². The Morgan fingerprint density at radius 1 is 0.548 bits per heavy atom. The molecule has 0 aromatic heterocycles. The maximum Gasteiger partial charge on any atom is 0.0594 e. The van der Waals surface area contributed by atoms with Crippen LogP contribution in [0.4, 0.5) is 0 Å². The second-order valence-electron chi connectivity index (χ2n) is 17.0. The van der Waals surface area contributed by atoms with E-state index < -0.39 is 5.60 Å². The molecule has 2 N–H and O–H groups in total. The highest BCUT2D eigenvalue weighted by Gasteiger charge is 2.32. The summed E-state index contributed by atoms with van der Waals surface area (Å²) in [5.74, 6) is 2.64. The monoisotopic (exact) mass is 595 g/mol. The maximum absolute atomic E-state index is 10.2. The minimum Gasteiger partial charge on any atom is -0.393 e. The zero-order chi connectivity index (χ0) is 31.7. The van der Waals surface area contributed by atoms with Crippen LogP contribution >= 0.6 is 0 Å². The third kappa shape index (κ3) is 14.2. The summed E-state index contributed by atoms with van der Waals surface area (Å²) < 4.78 is 0. The van der Waals surface area contributed by atoms with Crippen LogP contribution in [0.2, 0.25) is 0 Å². The molecule has 6 heteroatoms. The summed E-state index contributed by atoms with van der Waals surface area (Å²) in [5, 5.41) is 19.9. The van der Waals surface area contributed by atoms with Crippen molar-refractivity contribution in [3.05, 3.63) is 0 Å². The number of piperazine rings is 2. The Balaban J connectivity index is 1.65. The lowest BCUT2D eigenvalue weighted by molar-refractivity contribution is 0.0273. The topological polar surface area (TPSA) is 53.4 Å². The Bertz CT molecular complexity index is 733. The fraction of sp³-hybridized carbons (Fsp3) is 1.00. The number of hydrogen-bond donors (Lipinski definition) is 2. The van der Waals surface area contributed by atoms with E-state index in [2.05, 4.69) is 75.0 Å². The van der Waals surface area contributed by atoms with Gasteiger partial charge in [-0.25, -0.2) is 0 Å². The Kier molecular flexibility index (Phi) is 15.3. The minimum absolute atomic E-state index is 0.185. The van der Waals surface area contributed by atoms with Crippen molar-refractivity contribution in [3.63, 3.8) is 0 Å². The maximum atomic E-state index is 10.2. The molecule has 2 rings (SSSR count). The van der Waals surface area contributed by atoms with Crippen LogP contribution in [-0.4, -0.2) is 118 Å². The van der Waals surface area contributed by atoms with Crippen molar-refractivity contribution in [3.8, 4) is 0 Å². The van der Waals surface area contributed by atoms with Crippen molar-refractivity contribution < 1.29 is 10.2 Å².